The van der Waals surface area contributed by atoms with Crippen molar-refractivity contribution in [3.05, 3.63) is 95.8 Å². The van der Waals surface area contributed by atoms with E-state index in [2.05, 4.69) is 5.32 Å². The van der Waals surface area contributed by atoms with Gasteiger partial charge in [-0.05, 0) is 54.4 Å². The summed E-state index contributed by atoms with van der Waals surface area (Å²) in [6.07, 6.45) is 1.16. The number of halogens is 1. The quantitative estimate of drug-likeness (QED) is 0.527. The molecular weight excluding hydrogens is 431 g/mol. The molecule has 0 bridgehead atoms. The maximum absolute atomic E-state index is 13.0. The van der Waals surface area contributed by atoms with Crippen molar-refractivity contribution < 1.29 is 22.3 Å². The first-order chi connectivity index (χ1) is 15.2. The molecule has 168 valence electrons. The number of sulfonamides is 1. The molecule has 1 N–H and O–H groups in total. The fourth-order valence-corrected chi connectivity index (χ4v) is 4.01. The van der Waals surface area contributed by atoms with Gasteiger partial charge in [-0.3, -0.25) is 9.10 Å². The highest BCUT2D eigenvalue weighted by atomic mass is 32.2. The van der Waals surface area contributed by atoms with Crippen molar-refractivity contribution in [3.8, 4) is 5.75 Å². The first-order valence-corrected chi connectivity index (χ1v) is 11.9. The molecule has 1 atom stereocenters. The Bertz CT molecular complexity index is 1130. The summed E-state index contributed by atoms with van der Waals surface area (Å²) in [6.45, 7) is 1.81. The van der Waals surface area contributed by atoms with Gasteiger partial charge < -0.3 is 10.1 Å². The van der Waals surface area contributed by atoms with E-state index in [1.165, 1.54) is 16.4 Å². The van der Waals surface area contributed by atoms with Crippen molar-refractivity contribution in [3.63, 3.8) is 0 Å². The van der Waals surface area contributed by atoms with E-state index in [0.717, 1.165) is 17.4 Å². The van der Waals surface area contributed by atoms with Crippen molar-refractivity contribution in [2.75, 3.05) is 17.2 Å². The lowest BCUT2D eigenvalue weighted by Gasteiger charge is -2.23. The Morgan fingerprint density at radius 3 is 2.22 bits per heavy atom. The van der Waals surface area contributed by atoms with Crippen molar-refractivity contribution >= 4 is 21.6 Å². The number of carbonyl (C=O) groups is 1. The fourth-order valence-electron chi connectivity index (χ4n) is 3.12. The second kappa shape index (κ2) is 10.3. The van der Waals surface area contributed by atoms with E-state index in [-0.39, 0.29) is 30.9 Å². The number of rotatable bonds is 9. The van der Waals surface area contributed by atoms with Crippen LogP contribution in [0.15, 0.2) is 78.9 Å². The number of benzene rings is 3. The molecule has 0 spiro atoms. The van der Waals surface area contributed by atoms with E-state index in [0.29, 0.717) is 11.4 Å². The third-order valence-corrected chi connectivity index (χ3v) is 5.95. The van der Waals surface area contributed by atoms with Crippen LogP contribution in [0.3, 0.4) is 0 Å². The molecular formula is C24H25FN2O4S. The van der Waals surface area contributed by atoms with Crippen LogP contribution in [0.1, 0.15) is 24.1 Å². The van der Waals surface area contributed by atoms with Gasteiger partial charge in [-0.1, -0.05) is 42.5 Å². The van der Waals surface area contributed by atoms with E-state index in [9.17, 15) is 17.6 Å². The maximum atomic E-state index is 13.0. The van der Waals surface area contributed by atoms with Crippen molar-refractivity contribution in [2.24, 2.45) is 0 Å². The summed E-state index contributed by atoms with van der Waals surface area (Å²) in [5, 5.41) is 2.79. The van der Waals surface area contributed by atoms with E-state index in [4.69, 9.17) is 4.74 Å². The molecule has 0 aliphatic carbocycles. The minimum atomic E-state index is -3.49. The third kappa shape index (κ3) is 6.55. The van der Waals surface area contributed by atoms with Gasteiger partial charge in [0, 0.05) is 0 Å². The molecule has 6 nitrogen and oxygen atoms in total. The Morgan fingerprint density at radius 1 is 1.00 bits per heavy atom. The highest BCUT2D eigenvalue weighted by Gasteiger charge is 2.18. The van der Waals surface area contributed by atoms with Gasteiger partial charge in [-0.2, -0.15) is 0 Å². The highest BCUT2D eigenvalue weighted by molar-refractivity contribution is 7.92. The molecule has 1 unspecified atom stereocenters. The second-order valence-corrected chi connectivity index (χ2v) is 9.29. The van der Waals surface area contributed by atoms with Gasteiger partial charge in [0.1, 0.15) is 11.6 Å². The van der Waals surface area contributed by atoms with Gasteiger partial charge in [0.2, 0.25) is 10.0 Å². The molecule has 3 rings (SSSR count). The summed E-state index contributed by atoms with van der Waals surface area (Å²) < 4.78 is 44.5. The Labute approximate surface area is 187 Å². The van der Waals surface area contributed by atoms with Crippen molar-refractivity contribution in [2.45, 2.75) is 19.5 Å². The number of hydrogen-bond acceptors (Lipinski definition) is 4. The molecule has 0 saturated heterocycles. The number of nitrogens with one attached hydrogen (secondary N) is 1. The summed E-state index contributed by atoms with van der Waals surface area (Å²) in [5.74, 6) is -0.225. The Kier molecular flexibility index (Phi) is 7.48. The summed E-state index contributed by atoms with van der Waals surface area (Å²) >= 11 is 0. The van der Waals surface area contributed by atoms with E-state index < -0.39 is 10.0 Å². The zero-order valence-corrected chi connectivity index (χ0v) is 18.7. The van der Waals surface area contributed by atoms with Crippen LogP contribution in [0.5, 0.6) is 5.75 Å². The summed E-state index contributed by atoms with van der Waals surface area (Å²) in [5.41, 5.74) is 2.15. The number of amides is 1. The van der Waals surface area contributed by atoms with Crippen LogP contribution in [0, 0.1) is 5.82 Å². The van der Waals surface area contributed by atoms with Crippen molar-refractivity contribution in [1.29, 1.82) is 0 Å². The van der Waals surface area contributed by atoms with Gasteiger partial charge >= 0.3 is 0 Å². The molecule has 0 saturated carbocycles. The molecule has 1 amide bonds. The Balaban J connectivity index is 1.59. The van der Waals surface area contributed by atoms with E-state index >= 15 is 0 Å². The normalized spacial score (nSPS) is 12.1. The van der Waals surface area contributed by atoms with Gasteiger partial charge in [-0.25, -0.2) is 12.8 Å². The van der Waals surface area contributed by atoms with Gasteiger partial charge in [0.15, 0.2) is 6.61 Å². The smallest absolute Gasteiger partial charge is 0.258 e. The lowest BCUT2D eigenvalue weighted by atomic mass is 10.1. The molecule has 0 heterocycles. The van der Waals surface area contributed by atoms with Crippen LogP contribution in [-0.2, 0) is 21.4 Å². The molecule has 8 heteroatoms. The topological polar surface area (TPSA) is 75.7 Å². The van der Waals surface area contributed by atoms with Gasteiger partial charge in [-0.15, -0.1) is 0 Å². The molecule has 3 aromatic carbocycles. The van der Waals surface area contributed by atoms with Crippen LogP contribution >= 0.6 is 0 Å². The number of anilines is 1. The van der Waals surface area contributed by atoms with Crippen molar-refractivity contribution in [1.82, 2.24) is 5.32 Å². The lowest BCUT2D eigenvalue weighted by Crippen LogP contribution is -2.31. The molecule has 0 radical (unpaired) electrons. The fraction of sp³-hybridized carbons (Fsp3) is 0.208. The van der Waals surface area contributed by atoms with Crippen LogP contribution in [0.4, 0.5) is 10.1 Å². The van der Waals surface area contributed by atoms with E-state index in [1.807, 2.05) is 30.3 Å². The van der Waals surface area contributed by atoms with Crippen LogP contribution in [0.2, 0.25) is 0 Å². The molecule has 3 aromatic rings. The predicted octanol–water partition coefficient (Wildman–Crippen LogP) is 4.05. The molecule has 0 aliphatic heterocycles. The zero-order chi connectivity index (χ0) is 23.1. The average molecular weight is 457 g/mol. The largest absolute Gasteiger partial charge is 0.484 e. The van der Waals surface area contributed by atoms with E-state index in [1.54, 1.807) is 43.3 Å². The monoisotopic (exact) mass is 456 g/mol. The second-order valence-electron chi connectivity index (χ2n) is 7.38. The van der Waals surface area contributed by atoms with Crippen LogP contribution in [0.25, 0.3) is 0 Å². The number of ether oxygens (including phenoxy) is 1. The molecule has 0 fully saturated rings. The van der Waals surface area contributed by atoms with Crippen LogP contribution < -0.4 is 14.4 Å². The summed E-state index contributed by atoms with van der Waals surface area (Å²) in [7, 11) is -3.49. The highest BCUT2D eigenvalue weighted by Crippen LogP contribution is 2.24. The Morgan fingerprint density at radius 2 is 1.62 bits per heavy atom. The van der Waals surface area contributed by atoms with Crippen LogP contribution in [-0.4, -0.2) is 27.2 Å². The summed E-state index contributed by atoms with van der Waals surface area (Å²) in [6, 6.07) is 21.4. The maximum Gasteiger partial charge on any atom is 0.258 e. The zero-order valence-electron chi connectivity index (χ0n) is 17.9. The van der Waals surface area contributed by atoms with Gasteiger partial charge in [0.25, 0.3) is 5.91 Å². The number of carbonyl (C=O) groups excluding carboxylic acids is 1. The number of hydrogen-bond donors (Lipinski definition) is 1. The minimum Gasteiger partial charge on any atom is -0.484 e. The molecule has 0 aliphatic rings. The van der Waals surface area contributed by atoms with Gasteiger partial charge in [0.05, 0.1) is 24.5 Å². The first kappa shape index (κ1) is 23.3. The predicted molar refractivity (Wildman–Crippen MR) is 122 cm³/mol. The number of nitrogens with zero attached hydrogens (tertiary/aromatic N) is 1. The molecule has 0 aromatic heterocycles. The standard InChI is InChI=1S/C24H25FN2O4S/c1-18(20-8-10-21(25)11-9-20)26-24(28)17-31-23-14-12-22(13-15-23)27(32(2,29)30)16-19-6-4-3-5-7-19/h3-15,18H,16-17H2,1-2H3,(H,26,28). The molecule has 32 heavy (non-hydrogen) atoms. The minimum absolute atomic E-state index is 0.204. The third-order valence-electron chi connectivity index (χ3n) is 4.81. The first-order valence-electron chi connectivity index (χ1n) is 10.0. The summed E-state index contributed by atoms with van der Waals surface area (Å²) in [4.78, 5) is 12.2. The Hall–Kier alpha value is -3.39. The SMILES string of the molecule is CC(NC(=O)COc1ccc(N(Cc2ccccc2)S(C)(=O)=O)cc1)c1ccc(F)cc1. The average Bonchev–Trinajstić information content (AvgIpc) is 2.77. The lowest BCUT2D eigenvalue weighted by molar-refractivity contribution is -0.123.